The van der Waals surface area contributed by atoms with Crippen LogP contribution in [0.15, 0.2) is 6.20 Å². The molecule has 0 aliphatic carbocycles. The van der Waals surface area contributed by atoms with Crippen molar-refractivity contribution in [3.63, 3.8) is 0 Å². The maximum atomic E-state index is 12.1. The molecule has 1 aliphatic rings. The molecule has 0 saturated carbocycles. The maximum absolute atomic E-state index is 12.1. The number of hydrogen-bond acceptors (Lipinski definition) is 4. The molecule has 0 unspecified atom stereocenters. The molecule has 2 rings (SSSR count). The van der Waals surface area contributed by atoms with Gasteiger partial charge >= 0.3 is 0 Å². The maximum Gasteiger partial charge on any atom is 0.227 e. The monoisotopic (exact) mass is 237 g/mol. The van der Waals surface area contributed by atoms with Crippen molar-refractivity contribution in [3.8, 4) is 0 Å². The minimum Gasteiger partial charge on any atom is -0.355 e. The highest BCUT2D eigenvalue weighted by atomic mass is 16.2. The summed E-state index contributed by atoms with van der Waals surface area (Å²) >= 11 is 0. The van der Waals surface area contributed by atoms with Crippen LogP contribution in [0.4, 0.5) is 0 Å². The first-order chi connectivity index (χ1) is 8.21. The number of carbonyl (C=O) groups is 1. The molecular formula is C11H19N5O. The SMILES string of the molecule is C[C@@]1(C(=O)NCCc2cn[nH]n2)CCCNC1. The van der Waals surface area contributed by atoms with Crippen molar-refractivity contribution in [2.45, 2.75) is 26.2 Å². The molecule has 1 aliphatic heterocycles. The van der Waals surface area contributed by atoms with E-state index in [9.17, 15) is 4.79 Å². The van der Waals surface area contributed by atoms with E-state index in [1.807, 2.05) is 6.92 Å². The zero-order chi connectivity index (χ0) is 12.1. The fraction of sp³-hybridized carbons (Fsp3) is 0.727. The van der Waals surface area contributed by atoms with Gasteiger partial charge in [0.05, 0.1) is 17.3 Å². The first-order valence-corrected chi connectivity index (χ1v) is 6.04. The molecule has 2 heterocycles. The molecule has 1 aromatic rings. The average molecular weight is 237 g/mol. The Bertz CT molecular complexity index is 356. The Balaban J connectivity index is 1.76. The number of aromatic nitrogens is 3. The molecule has 94 valence electrons. The van der Waals surface area contributed by atoms with E-state index in [0.29, 0.717) is 13.0 Å². The first-order valence-electron chi connectivity index (χ1n) is 6.04. The summed E-state index contributed by atoms with van der Waals surface area (Å²) in [6.45, 7) is 4.41. The van der Waals surface area contributed by atoms with Crippen LogP contribution in [0.3, 0.4) is 0 Å². The summed E-state index contributed by atoms with van der Waals surface area (Å²) in [5, 5.41) is 16.5. The largest absolute Gasteiger partial charge is 0.355 e. The highest BCUT2D eigenvalue weighted by Crippen LogP contribution is 2.25. The number of piperidine rings is 1. The Labute approximate surface area is 101 Å². The van der Waals surface area contributed by atoms with Crippen molar-refractivity contribution >= 4 is 5.91 Å². The van der Waals surface area contributed by atoms with E-state index in [4.69, 9.17) is 0 Å². The van der Waals surface area contributed by atoms with E-state index in [2.05, 4.69) is 26.0 Å². The van der Waals surface area contributed by atoms with Crippen molar-refractivity contribution in [3.05, 3.63) is 11.9 Å². The van der Waals surface area contributed by atoms with Crippen LogP contribution in [0.1, 0.15) is 25.5 Å². The normalized spacial score (nSPS) is 24.5. The van der Waals surface area contributed by atoms with Gasteiger partial charge in [0.1, 0.15) is 0 Å². The van der Waals surface area contributed by atoms with Gasteiger partial charge in [0.2, 0.25) is 5.91 Å². The summed E-state index contributed by atoms with van der Waals surface area (Å²) in [7, 11) is 0. The van der Waals surface area contributed by atoms with Crippen LogP contribution in [0, 0.1) is 5.41 Å². The predicted octanol–water partition coefficient (Wildman–Crippen LogP) is -0.147. The molecule has 1 saturated heterocycles. The lowest BCUT2D eigenvalue weighted by Gasteiger charge is -2.32. The van der Waals surface area contributed by atoms with Gasteiger partial charge < -0.3 is 10.6 Å². The highest BCUT2D eigenvalue weighted by molar-refractivity contribution is 5.82. The number of amides is 1. The van der Waals surface area contributed by atoms with Gasteiger partial charge in [0, 0.05) is 19.5 Å². The highest BCUT2D eigenvalue weighted by Gasteiger charge is 2.34. The molecular weight excluding hydrogens is 218 g/mol. The van der Waals surface area contributed by atoms with Crippen LogP contribution in [-0.4, -0.2) is 41.0 Å². The average Bonchev–Trinajstić information content (AvgIpc) is 2.83. The Morgan fingerprint density at radius 2 is 2.53 bits per heavy atom. The van der Waals surface area contributed by atoms with E-state index in [1.54, 1.807) is 6.20 Å². The third-order valence-electron chi connectivity index (χ3n) is 3.28. The summed E-state index contributed by atoms with van der Waals surface area (Å²) in [5.74, 6) is 0.133. The Morgan fingerprint density at radius 3 is 3.18 bits per heavy atom. The van der Waals surface area contributed by atoms with Gasteiger partial charge in [-0.3, -0.25) is 4.79 Å². The number of hydrogen-bond donors (Lipinski definition) is 3. The third-order valence-corrected chi connectivity index (χ3v) is 3.28. The molecule has 1 fully saturated rings. The Hall–Kier alpha value is -1.43. The molecule has 3 N–H and O–H groups in total. The van der Waals surface area contributed by atoms with Crippen LogP contribution in [0.25, 0.3) is 0 Å². The topological polar surface area (TPSA) is 82.7 Å². The van der Waals surface area contributed by atoms with Gasteiger partial charge in [-0.1, -0.05) is 0 Å². The molecule has 0 bridgehead atoms. The van der Waals surface area contributed by atoms with E-state index in [-0.39, 0.29) is 11.3 Å². The molecule has 0 aromatic carbocycles. The second kappa shape index (κ2) is 5.27. The van der Waals surface area contributed by atoms with Gasteiger partial charge in [0.25, 0.3) is 0 Å². The molecule has 0 radical (unpaired) electrons. The molecule has 17 heavy (non-hydrogen) atoms. The van der Waals surface area contributed by atoms with Crippen molar-refractivity contribution < 1.29 is 4.79 Å². The number of nitrogens with one attached hydrogen (secondary N) is 3. The van der Waals surface area contributed by atoms with Crippen molar-refractivity contribution in [2.24, 2.45) is 5.41 Å². The number of rotatable bonds is 4. The van der Waals surface area contributed by atoms with Gasteiger partial charge in [0.15, 0.2) is 0 Å². The number of H-pyrrole nitrogens is 1. The zero-order valence-corrected chi connectivity index (χ0v) is 10.1. The Morgan fingerprint density at radius 1 is 1.65 bits per heavy atom. The van der Waals surface area contributed by atoms with Crippen molar-refractivity contribution in [1.29, 1.82) is 0 Å². The van der Waals surface area contributed by atoms with Gasteiger partial charge in [-0.25, -0.2) is 0 Å². The van der Waals surface area contributed by atoms with E-state index in [1.165, 1.54) is 0 Å². The predicted molar refractivity (Wildman–Crippen MR) is 63.3 cm³/mol. The first kappa shape index (κ1) is 12.0. The van der Waals surface area contributed by atoms with Crippen LogP contribution in [0.5, 0.6) is 0 Å². The lowest BCUT2D eigenvalue weighted by molar-refractivity contribution is -0.131. The van der Waals surface area contributed by atoms with Crippen LogP contribution >= 0.6 is 0 Å². The summed E-state index contributed by atoms with van der Waals surface area (Å²) in [6, 6.07) is 0. The van der Waals surface area contributed by atoms with E-state index >= 15 is 0 Å². The number of nitrogens with zero attached hydrogens (tertiary/aromatic N) is 2. The molecule has 6 heteroatoms. The summed E-state index contributed by atoms with van der Waals surface area (Å²) in [4.78, 5) is 12.1. The van der Waals surface area contributed by atoms with E-state index in [0.717, 1.165) is 31.6 Å². The third kappa shape index (κ3) is 3.03. The summed E-state index contributed by atoms with van der Waals surface area (Å²) < 4.78 is 0. The fourth-order valence-electron chi connectivity index (χ4n) is 2.11. The zero-order valence-electron chi connectivity index (χ0n) is 10.1. The quantitative estimate of drug-likeness (QED) is 0.680. The van der Waals surface area contributed by atoms with Gasteiger partial charge in [-0.05, 0) is 26.3 Å². The summed E-state index contributed by atoms with van der Waals surface area (Å²) in [6.07, 6.45) is 4.41. The van der Waals surface area contributed by atoms with Crippen LogP contribution in [0.2, 0.25) is 0 Å². The van der Waals surface area contributed by atoms with Crippen molar-refractivity contribution in [2.75, 3.05) is 19.6 Å². The second-order valence-corrected chi connectivity index (χ2v) is 4.81. The van der Waals surface area contributed by atoms with Gasteiger partial charge in [-0.2, -0.15) is 15.4 Å². The molecule has 6 nitrogen and oxygen atoms in total. The van der Waals surface area contributed by atoms with Crippen molar-refractivity contribution in [1.82, 2.24) is 26.0 Å². The minimum absolute atomic E-state index is 0.133. The minimum atomic E-state index is -0.262. The fourth-order valence-corrected chi connectivity index (χ4v) is 2.11. The number of aromatic amines is 1. The number of carbonyl (C=O) groups excluding carboxylic acids is 1. The summed E-state index contributed by atoms with van der Waals surface area (Å²) in [5.41, 5.74) is 0.611. The van der Waals surface area contributed by atoms with Gasteiger partial charge in [-0.15, -0.1) is 0 Å². The smallest absolute Gasteiger partial charge is 0.227 e. The lowest BCUT2D eigenvalue weighted by Crippen LogP contribution is -2.49. The molecule has 0 spiro atoms. The standard InChI is InChI=1S/C11H19N5O/c1-11(4-2-5-12-8-11)10(17)13-6-3-9-7-14-16-15-9/h7,12H,2-6,8H2,1H3,(H,13,17)(H,14,15,16)/t11-/m1/s1. The molecule has 1 amide bonds. The van der Waals surface area contributed by atoms with Crippen LogP contribution in [-0.2, 0) is 11.2 Å². The van der Waals surface area contributed by atoms with E-state index < -0.39 is 0 Å². The second-order valence-electron chi connectivity index (χ2n) is 4.81. The lowest BCUT2D eigenvalue weighted by atomic mass is 9.82. The molecule has 1 aromatic heterocycles. The molecule has 1 atom stereocenters. The Kier molecular flexibility index (Phi) is 3.73. The van der Waals surface area contributed by atoms with Crippen LogP contribution < -0.4 is 10.6 Å².